The molecule has 3 aromatic rings. The van der Waals surface area contributed by atoms with E-state index in [2.05, 4.69) is 5.32 Å². The van der Waals surface area contributed by atoms with E-state index in [1.165, 1.54) is 4.90 Å². The zero-order chi connectivity index (χ0) is 28.6. The molecule has 3 aromatic carbocycles. The summed E-state index contributed by atoms with van der Waals surface area (Å²) in [7, 11) is 3.43. The van der Waals surface area contributed by atoms with Crippen LogP contribution in [0, 0.1) is 0 Å². The van der Waals surface area contributed by atoms with Gasteiger partial charge < -0.3 is 20.1 Å². The lowest BCUT2D eigenvalue weighted by molar-refractivity contribution is -0.123. The Morgan fingerprint density at radius 1 is 1.00 bits per heavy atom. The molecule has 0 spiro atoms. The molecule has 0 aliphatic heterocycles. The molecule has 0 aromatic heterocycles. The van der Waals surface area contributed by atoms with Crippen LogP contribution in [0.15, 0.2) is 72.8 Å². The van der Waals surface area contributed by atoms with E-state index in [1.54, 1.807) is 44.4 Å². The summed E-state index contributed by atoms with van der Waals surface area (Å²) < 4.78 is 5.92. The number of carbonyl (C=O) groups excluding carboxylic acids is 1. The number of nitrogens with zero attached hydrogens (tertiary/aromatic N) is 1. The fraction of sp³-hybridized carbons (Fsp3) is 0.250. The molecule has 6 nitrogen and oxygen atoms in total. The predicted octanol–water partition coefficient (Wildman–Crippen LogP) is 6.60. The Hall–Kier alpha value is -3.58. The third kappa shape index (κ3) is 7.33. The van der Waals surface area contributed by atoms with Gasteiger partial charge in [-0.3, -0.25) is 4.79 Å². The lowest BCUT2D eigenvalue weighted by Gasteiger charge is -2.18. The van der Waals surface area contributed by atoms with Gasteiger partial charge in [-0.2, -0.15) is 0 Å². The molecule has 0 saturated carbocycles. The Kier molecular flexibility index (Phi) is 10.0. The van der Waals surface area contributed by atoms with E-state index in [0.717, 1.165) is 58.4 Å². The standard InChI is InChI=1S/C32H32Cl2N2O4/c1-36(2)30(37)7-4-16-35-17-18-40-25-12-8-21(9-13-25)31-26-14-10-23(32(38)39)19-22(26)5-3-6-28(31)27-15-11-24(33)20-29(27)34/h4,7-15,19-20,35H,3,5-6,16-18H2,1-2H3,(H,38,39)/b7-4+. The number of nitrogens with one attached hydrogen (secondary N) is 1. The Balaban J connectivity index is 1.57. The molecular formula is C32H32Cl2N2O4. The molecule has 0 heterocycles. The van der Waals surface area contributed by atoms with Gasteiger partial charge in [0.2, 0.25) is 5.91 Å². The number of carbonyl (C=O) groups is 2. The van der Waals surface area contributed by atoms with Crippen LogP contribution in [-0.4, -0.2) is 55.7 Å². The van der Waals surface area contributed by atoms with Gasteiger partial charge in [0.25, 0.3) is 0 Å². The number of amides is 1. The lowest BCUT2D eigenvalue weighted by Crippen LogP contribution is -2.22. The molecule has 8 heteroatoms. The van der Waals surface area contributed by atoms with Crippen molar-refractivity contribution in [2.45, 2.75) is 19.3 Å². The maximum Gasteiger partial charge on any atom is 0.335 e. The monoisotopic (exact) mass is 578 g/mol. The number of likely N-dealkylation sites (N-methyl/N-ethyl adjacent to an activating group) is 1. The van der Waals surface area contributed by atoms with Crippen LogP contribution < -0.4 is 10.1 Å². The zero-order valence-corrected chi connectivity index (χ0v) is 24.1. The maximum absolute atomic E-state index is 11.7. The van der Waals surface area contributed by atoms with Crippen molar-refractivity contribution in [3.05, 3.63) is 111 Å². The van der Waals surface area contributed by atoms with Crippen LogP contribution in [0.4, 0.5) is 0 Å². The molecule has 1 amide bonds. The van der Waals surface area contributed by atoms with Crippen molar-refractivity contribution in [2.75, 3.05) is 33.8 Å². The molecule has 0 fully saturated rings. The van der Waals surface area contributed by atoms with Gasteiger partial charge in [0.05, 0.1) is 5.56 Å². The van der Waals surface area contributed by atoms with Crippen LogP contribution >= 0.6 is 23.2 Å². The highest BCUT2D eigenvalue weighted by atomic mass is 35.5. The summed E-state index contributed by atoms with van der Waals surface area (Å²) in [6.45, 7) is 1.69. The van der Waals surface area contributed by atoms with Crippen LogP contribution in [0.5, 0.6) is 5.75 Å². The van der Waals surface area contributed by atoms with Crippen molar-refractivity contribution in [1.29, 1.82) is 0 Å². The smallest absolute Gasteiger partial charge is 0.335 e. The quantitative estimate of drug-likeness (QED) is 0.209. The van der Waals surface area contributed by atoms with E-state index in [0.29, 0.717) is 29.7 Å². The van der Waals surface area contributed by atoms with Gasteiger partial charge in [0.1, 0.15) is 12.4 Å². The van der Waals surface area contributed by atoms with Gasteiger partial charge in [-0.15, -0.1) is 0 Å². The Morgan fingerprint density at radius 3 is 2.45 bits per heavy atom. The molecule has 0 saturated heterocycles. The van der Waals surface area contributed by atoms with Gasteiger partial charge in [-0.25, -0.2) is 4.79 Å². The van der Waals surface area contributed by atoms with Gasteiger partial charge in [-0.1, -0.05) is 53.5 Å². The third-order valence-corrected chi connectivity index (χ3v) is 7.25. The van der Waals surface area contributed by atoms with Crippen LogP contribution in [0.3, 0.4) is 0 Å². The summed E-state index contributed by atoms with van der Waals surface area (Å²) in [4.78, 5) is 24.7. The molecular weight excluding hydrogens is 547 g/mol. The molecule has 1 aliphatic rings. The Morgan fingerprint density at radius 2 is 1.75 bits per heavy atom. The maximum atomic E-state index is 11.7. The third-order valence-electron chi connectivity index (χ3n) is 6.71. The summed E-state index contributed by atoms with van der Waals surface area (Å²) in [6.07, 6.45) is 5.74. The summed E-state index contributed by atoms with van der Waals surface area (Å²) >= 11 is 12.9. The number of carboxylic acids is 1. The number of aryl methyl sites for hydroxylation is 1. The van der Waals surface area contributed by atoms with Crippen molar-refractivity contribution in [3.63, 3.8) is 0 Å². The molecule has 0 atom stereocenters. The van der Waals surface area contributed by atoms with E-state index in [9.17, 15) is 14.7 Å². The molecule has 208 valence electrons. The van der Waals surface area contributed by atoms with Gasteiger partial charge in [-0.05, 0) is 89.1 Å². The summed E-state index contributed by atoms with van der Waals surface area (Å²) in [6, 6.07) is 18.8. The van der Waals surface area contributed by atoms with E-state index in [4.69, 9.17) is 27.9 Å². The minimum absolute atomic E-state index is 0.0478. The SMILES string of the molecule is CN(C)C(=O)/C=C/CNCCOc1ccc(C2=C(c3ccc(Cl)cc3Cl)CCCc3cc(C(=O)O)ccc32)cc1. The lowest BCUT2D eigenvalue weighted by atomic mass is 9.87. The first-order chi connectivity index (χ1) is 19.2. The van der Waals surface area contributed by atoms with Crippen molar-refractivity contribution in [2.24, 2.45) is 0 Å². The summed E-state index contributed by atoms with van der Waals surface area (Å²) in [5.41, 5.74) is 6.33. The van der Waals surface area contributed by atoms with Gasteiger partial charge in [0, 0.05) is 43.3 Å². The number of benzene rings is 3. The fourth-order valence-electron chi connectivity index (χ4n) is 4.71. The number of rotatable bonds is 10. The number of ether oxygens (including phenoxy) is 1. The molecule has 0 bridgehead atoms. The normalized spacial score (nSPS) is 13.2. The van der Waals surface area contributed by atoms with E-state index in [1.807, 2.05) is 42.5 Å². The number of halogens is 2. The van der Waals surface area contributed by atoms with Crippen LogP contribution in [0.1, 0.15) is 45.5 Å². The van der Waals surface area contributed by atoms with E-state index >= 15 is 0 Å². The molecule has 1 aliphatic carbocycles. The van der Waals surface area contributed by atoms with Crippen LogP contribution in [-0.2, 0) is 11.2 Å². The highest BCUT2D eigenvalue weighted by Crippen LogP contribution is 2.42. The summed E-state index contributed by atoms with van der Waals surface area (Å²) in [5, 5.41) is 13.9. The molecule has 2 N–H and O–H groups in total. The second-order valence-corrected chi connectivity index (χ2v) is 10.6. The Labute approximate surface area is 244 Å². The zero-order valence-electron chi connectivity index (χ0n) is 22.5. The number of hydrogen-bond donors (Lipinski definition) is 2. The van der Waals surface area contributed by atoms with Crippen molar-refractivity contribution in [1.82, 2.24) is 10.2 Å². The minimum atomic E-state index is -0.937. The summed E-state index contributed by atoms with van der Waals surface area (Å²) in [5.74, 6) is -0.244. The Bertz CT molecular complexity index is 1450. The number of hydrogen-bond acceptors (Lipinski definition) is 4. The van der Waals surface area contributed by atoms with Crippen molar-refractivity contribution >= 4 is 46.2 Å². The molecule has 4 rings (SSSR count). The number of fused-ring (bicyclic) bond motifs is 1. The van der Waals surface area contributed by atoms with Crippen LogP contribution in [0.2, 0.25) is 10.0 Å². The average molecular weight is 580 g/mol. The van der Waals surface area contributed by atoms with Crippen LogP contribution in [0.25, 0.3) is 11.1 Å². The topological polar surface area (TPSA) is 78.9 Å². The molecule has 0 unspecified atom stereocenters. The second kappa shape index (κ2) is 13.7. The highest BCUT2D eigenvalue weighted by Gasteiger charge is 2.22. The number of allylic oxidation sites excluding steroid dienone is 1. The number of aromatic carboxylic acids is 1. The van der Waals surface area contributed by atoms with Crippen molar-refractivity contribution < 1.29 is 19.4 Å². The van der Waals surface area contributed by atoms with E-state index in [-0.39, 0.29) is 11.5 Å². The van der Waals surface area contributed by atoms with Crippen molar-refractivity contribution in [3.8, 4) is 5.75 Å². The highest BCUT2D eigenvalue weighted by molar-refractivity contribution is 6.36. The minimum Gasteiger partial charge on any atom is -0.492 e. The van der Waals surface area contributed by atoms with Gasteiger partial charge >= 0.3 is 5.97 Å². The predicted molar refractivity (Wildman–Crippen MR) is 161 cm³/mol. The largest absolute Gasteiger partial charge is 0.492 e. The first-order valence-electron chi connectivity index (χ1n) is 13.1. The second-order valence-electron chi connectivity index (χ2n) is 9.72. The van der Waals surface area contributed by atoms with Gasteiger partial charge in [0.15, 0.2) is 0 Å². The fourth-order valence-corrected chi connectivity index (χ4v) is 5.23. The first kappa shape index (κ1) is 29.4. The molecule has 40 heavy (non-hydrogen) atoms. The average Bonchev–Trinajstić information content (AvgIpc) is 3.11. The van der Waals surface area contributed by atoms with E-state index < -0.39 is 5.97 Å². The number of carboxylic acid groups (broad SMARTS) is 1. The first-order valence-corrected chi connectivity index (χ1v) is 13.9. The molecule has 0 radical (unpaired) electrons.